The number of aryl methyl sites for hydroxylation is 1. The maximum Gasteiger partial charge on any atom is 0.229 e. The molecule has 1 fully saturated rings. The second-order valence-corrected chi connectivity index (χ2v) is 6.54. The van der Waals surface area contributed by atoms with Crippen molar-refractivity contribution in [3.63, 3.8) is 0 Å². The summed E-state index contributed by atoms with van der Waals surface area (Å²) < 4.78 is 0. The van der Waals surface area contributed by atoms with Gasteiger partial charge in [0.2, 0.25) is 11.9 Å². The van der Waals surface area contributed by atoms with Crippen LogP contribution in [0, 0.1) is 6.92 Å². The van der Waals surface area contributed by atoms with Gasteiger partial charge in [0.05, 0.1) is 18.7 Å². The average molecular weight is 349 g/mol. The molecular weight excluding hydrogens is 326 g/mol. The highest BCUT2D eigenvalue weighted by molar-refractivity contribution is 6.00. The van der Waals surface area contributed by atoms with Crippen molar-refractivity contribution in [1.82, 2.24) is 10.6 Å². The molecule has 6 heteroatoms. The van der Waals surface area contributed by atoms with E-state index in [9.17, 15) is 4.79 Å². The first-order valence-electron chi connectivity index (χ1n) is 8.52. The van der Waals surface area contributed by atoms with Crippen LogP contribution >= 0.6 is 0 Å². The van der Waals surface area contributed by atoms with Gasteiger partial charge in [-0.15, -0.1) is 5.10 Å². The number of guanidine groups is 1. The molecule has 1 heterocycles. The summed E-state index contributed by atoms with van der Waals surface area (Å²) in [5.74, 6) is 0.298. The molecule has 0 aromatic heterocycles. The van der Waals surface area contributed by atoms with Crippen LogP contribution < -0.4 is 15.5 Å². The Hall–Kier alpha value is -3.15. The monoisotopic (exact) mass is 349 g/mol. The van der Waals surface area contributed by atoms with Crippen molar-refractivity contribution in [3.8, 4) is 0 Å². The molecule has 0 spiro atoms. The predicted octanol–water partition coefficient (Wildman–Crippen LogP) is 2.60. The SMILES string of the molecule is Cc1ccc(C2CC(=O)NC(=NN=Cc3ccc(N(C)C)cc3)N2)cc1. The molecule has 2 aromatic rings. The Morgan fingerprint density at radius 1 is 1.08 bits per heavy atom. The van der Waals surface area contributed by atoms with Crippen LogP contribution in [0.2, 0.25) is 0 Å². The molecule has 134 valence electrons. The number of benzene rings is 2. The number of hydrogen-bond acceptors (Lipinski definition) is 4. The lowest BCUT2D eigenvalue weighted by Gasteiger charge is -2.25. The highest BCUT2D eigenvalue weighted by Gasteiger charge is 2.23. The first kappa shape index (κ1) is 17.7. The second kappa shape index (κ2) is 7.82. The van der Waals surface area contributed by atoms with Gasteiger partial charge in [-0.2, -0.15) is 5.10 Å². The number of carbonyl (C=O) groups is 1. The van der Waals surface area contributed by atoms with Crippen molar-refractivity contribution in [2.45, 2.75) is 19.4 Å². The summed E-state index contributed by atoms with van der Waals surface area (Å²) in [4.78, 5) is 14.0. The normalized spacial score (nSPS) is 18.7. The summed E-state index contributed by atoms with van der Waals surface area (Å²) in [5.41, 5.74) is 4.31. The van der Waals surface area contributed by atoms with Gasteiger partial charge in [-0.25, -0.2) is 0 Å². The third-order valence-corrected chi connectivity index (χ3v) is 4.21. The third kappa shape index (κ3) is 4.47. The molecule has 1 aliphatic rings. The van der Waals surface area contributed by atoms with Crippen molar-refractivity contribution in [3.05, 3.63) is 65.2 Å². The fourth-order valence-corrected chi connectivity index (χ4v) is 2.69. The molecule has 1 unspecified atom stereocenters. The van der Waals surface area contributed by atoms with Gasteiger partial charge in [-0.3, -0.25) is 10.1 Å². The van der Waals surface area contributed by atoms with Crippen molar-refractivity contribution < 1.29 is 4.79 Å². The molecule has 1 amide bonds. The van der Waals surface area contributed by atoms with E-state index in [1.165, 1.54) is 5.56 Å². The molecule has 0 bridgehead atoms. The van der Waals surface area contributed by atoms with Gasteiger partial charge < -0.3 is 10.2 Å². The van der Waals surface area contributed by atoms with Crippen LogP contribution in [0.1, 0.15) is 29.2 Å². The van der Waals surface area contributed by atoms with Crippen molar-refractivity contribution in [1.29, 1.82) is 0 Å². The average Bonchev–Trinajstić information content (AvgIpc) is 2.62. The summed E-state index contributed by atoms with van der Waals surface area (Å²) in [7, 11) is 3.99. The van der Waals surface area contributed by atoms with E-state index in [-0.39, 0.29) is 11.9 Å². The molecule has 2 aromatic carbocycles. The minimum Gasteiger partial charge on any atom is -0.378 e. The van der Waals surface area contributed by atoms with E-state index < -0.39 is 0 Å². The first-order chi connectivity index (χ1) is 12.5. The molecule has 3 rings (SSSR count). The molecular formula is C20H23N5O. The van der Waals surface area contributed by atoms with Crippen LogP contribution in [0.4, 0.5) is 5.69 Å². The van der Waals surface area contributed by atoms with Crippen LogP contribution in [0.5, 0.6) is 0 Å². The van der Waals surface area contributed by atoms with Gasteiger partial charge in [0.25, 0.3) is 0 Å². The zero-order valence-corrected chi connectivity index (χ0v) is 15.2. The fourth-order valence-electron chi connectivity index (χ4n) is 2.69. The van der Waals surface area contributed by atoms with E-state index in [1.54, 1.807) is 6.21 Å². The molecule has 1 atom stereocenters. The summed E-state index contributed by atoms with van der Waals surface area (Å²) in [5, 5.41) is 14.1. The van der Waals surface area contributed by atoms with Crippen LogP contribution in [-0.2, 0) is 4.79 Å². The van der Waals surface area contributed by atoms with Crippen molar-refractivity contribution in [2.75, 3.05) is 19.0 Å². The van der Waals surface area contributed by atoms with Crippen molar-refractivity contribution in [2.24, 2.45) is 10.2 Å². The first-order valence-corrected chi connectivity index (χ1v) is 8.52. The minimum atomic E-state index is -0.0994. The minimum absolute atomic E-state index is 0.0707. The second-order valence-electron chi connectivity index (χ2n) is 6.54. The summed E-state index contributed by atoms with van der Waals surface area (Å²) in [6.45, 7) is 2.04. The van der Waals surface area contributed by atoms with E-state index >= 15 is 0 Å². The maximum absolute atomic E-state index is 12.0. The molecule has 2 N–H and O–H groups in total. The van der Waals surface area contributed by atoms with Crippen LogP contribution in [0.3, 0.4) is 0 Å². The Balaban J connectivity index is 1.69. The number of nitrogens with zero attached hydrogens (tertiary/aromatic N) is 3. The molecule has 0 radical (unpaired) electrons. The van der Waals surface area contributed by atoms with Gasteiger partial charge in [0, 0.05) is 19.8 Å². The lowest BCUT2D eigenvalue weighted by molar-refractivity contribution is -0.120. The number of carbonyl (C=O) groups excluding carboxylic acids is 1. The fraction of sp³-hybridized carbons (Fsp3) is 0.250. The molecule has 1 aliphatic heterocycles. The highest BCUT2D eigenvalue weighted by Crippen LogP contribution is 2.19. The van der Waals surface area contributed by atoms with Gasteiger partial charge in [0.1, 0.15) is 0 Å². The number of amides is 1. The van der Waals surface area contributed by atoms with Crippen LogP contribution in [0.15, 0.2) is 58.7 Å². The van der Waals surface area contributed by atoms with E-state index in [4.69, 9.17) is 0 Å². The zero-order valence-electron chi connectivity index (χ0n) is 15.2. The summed E-state index contributed by atoms with van der Waals surface area (Å²) >= 11 is 0. The molecule has 6 nitrogen and oxygen atoms in total. The van der Waals surface area contributed by atoms with E-state index in [2.05, 4.69) is 20.8 Å². The van der Waals surface area contributed by atoms with Gasteiger partial charge >= 0.3 is 0 Å². The van der Waals surface area contributed by atoms with Crippen LogP contribution in [-0.4, -0.2) is 32.2 Å². The topological polar surface area (TPSA) is 69.1 Å². The number of hydrogen-bond donors (Lipinski definition) is 2. The van der Waals surface area contributed by atoms with Crippen LogP contribution in [0.25, 0.3) is 0 Å². The molecule has 1 saturated heterocycles. The molecule has 0 aliphatic carbocycles. The number of rotatable bonds is 4. The Kier molecular flexibility index (Phi) is 5.31. The zero-order chi connectivity index (χ0) is 18.5. The standard InChI is InChI=1S/C20H23N5O/c1-14-4-8-16(9-5-14)18-12-19(26)23-20(22-18)24-21-13-15-6-10-17(11-7-15)25(2)3/h4-11,13,18H,12H2,1-3H3,(H2,22,23,24,26). The van der Waals surface area contributed by atoms with Gasteiger partial charge in [-0.1, -0.05) is 42.0 Å². The van der Waals surface area contributed by atoms with E-state index in [1.807, 2.05) is 74.4 Å². The number of anilines is 1. The maximum atomic E-state index is 12.0. The van der Waals surface area contributed by atoms with E-state index in [0.29, 0.717) is 12.4 Å². The Labute approximate surface area is 153 Å². The third-order valence-electron chi connectivity index (χ3n) is 4.21. The Bertz CT molecular complexity index is 822. The predicted molar refractivity (Wildman–Crippen MR) is 106 cm³/mol. The summed E-state index contributed by atoms with van der Waals surface area (Å²) in [6.07, 6.45) is 2.04. The highest BCUT2D eigenvalue weighted by atomic mass is 16.2. The molecule has 0 saturated carbocycles. The quantitative estimate of drug-likeness (QED) is 0.658. The van der Waals surface area contributed by atoms with Gasteiger partial charge in [-0.05, 0) is 30.2 Å². The Morgan fingerprint density at radius 2 is 1.77 bits per heavy atom. The smallest absolute Gasteiger partial charge is 0.229 e. The lowest BCUT2D eigenvalue weighted by Crippen LogP contribution is -2.49. The largest absolute Gasteiger partial charge is 0.378 e. The van der Waals surface area contributed by atoms with Crippen molar-refractivity contribution >= 4 is 23.8 Å². The van der Waals surface area contributed by atoms with E-state index in [0.717, 1.165) is 16.8 Å². The Morgan fingerprint density at radius 3 is 2.42 bits per heavy atom. The summed E-state index contributed by atoms with van der Waals surface area (Å²) in [6, 6.07) is 16.0. The lowest BCUT2D eigenvalue weighted by atomic mass is 10.0. The molecule has 26 heavy (non-hydrogen) atoms. The number of nitrogens with one attached hydrogen (secondary N) is 2. The van der Waals surface area contributed by atoms with Gasteiger partial charge in [0.15, 0.2) is 0 Å².